The molecule has 8 rings (SSSR count). The summed E-state index contributed by atoms with van der Waals surface area (Å²) >= 11 is 14.9. The van der Waals surface area contributed by atoms with Crippen LogP contribution in [0.15, 0.2) is 109 Å². The van der Waals surface area contributed by atoms with Crippen LogP contribution in [0.5, 0.6) is 11.5 Å². The molecule has 0 aromatic heterocycles. The number of imide groups is 2. The lowest BCUT2D eigenvalue weighted by Crippen LogP contribution is -2.60. The van der Waals surface area contributed by atoms with Gasteiger partial charge in [0, 0.05) is 23.1 Å². The molecule has 1 N–H and O–H groups in total. The number of hydrogen-bond donors (Lipinski definition) is 1. The summed E-state index contributed by atoms with van der Waals surface area (Å²) in [6.07, 6.45) is 1.60. The highest BCUT2D eigenvalue weighted by Crippen LogP contribution is 2.66. The number of ketones is 1. The number of phenols is 1. The average Bonchev–Trinajstić information content (AvgIpc) is 3.49. The van der Waals surface area contributed by atoms with Crippen molar-refractivity contribution in [1.29, 1.82) is 0 Å². The maximum Gasteiger partial charge on any atom is 0.258 e. The number of Topliss-reactive ketones (excluding diaryl/α,β-unsaturated/α-hetero) is 1. The van der Waals surface area contributed by atoms with Crippen molar-refractivity contribution in [1.82, 2.24) is 0 Å². The van der Waals surface area contributed by atoms with Crippen LogP contribution in [0.3, 0.4) is 0 Å². The second-order valence-corrected chi connectivity index (χ2v) is 15.1. The Hall–Kier alpha value is -5.32. The molecule has 2 aliphatic heterocycles. The maximum atomic E-state index is 14.6. The van der Waals surface area contributed by atoms with E-state index in [4.69, 9.17) is 27.9 Å². The molecule has 4 aromatic rings. The molecular formula is C41H31Cl2FN2O7. The van der Waals surface area contributed by atoms with Gasteiger partial charge in [-0.3, -0.25) is 28.9 Å². The maximum absolute atomic E-state index is 14.6. The molecule has 0 spiro atoms. The van der Waals surface area contributed by atoms with Crippen molar-refractivity contribution in [3.63, 3.8) is 0 Å². The van der Waals surface area contributed by atoms with Gasteiger partial charge in [-0.25, -0.2) is 9.29 Å². The predicted molar refractivity (Wildman–Crippen MR) is 194 cm³/mol. The number of benzene rings is 4. The Balaban J connectivity index is 1.23. The van der Waals surface area contributed by atoms with Crippen LogP contribution in [0.1, 0.15) is 47.2 Å². The number of aromatic hydroxyl groups is 1. The van der Waals surface area contributed by atoms with Gasteiger partial charge in [-0.1, -0.05) is 48.0 Å². The Kier molecular flexibility index (Phi) is 8.31. The third-order valence-electron chi connectivity index (χ3n) is 11.0. The fourth-order valence-electron chi connectivity index (χ4n) is 8.44. The SMILES string of the molecule is CC(=O)c1ccc(N2C(=O)C3CC=C4C(CC5(Cl)C(=O)N(c6ccc(F)cc6)C(=O)C5(Cl)C4c4ccc(OCc5ccccc5)cc4O)C3C2=O)cc1. The van der Waals surface area contributed by atoms with Gasteiger partial charge in [0.25, 0.3) is 11.8 Å². The highest BCUT2D eigenvalue weighted by atomic mass is 35.5. The summed E-state index contributed by atoms with van der Waals surface area (Å²) in [5, 5.41) is 11.6. The van der Waals surface area contributed by atoms with E-state index in [1.54, 1.807) is 30.3 Å². The van der Waals surface area contributed by atoms with Crippen molar-refractivity contribution < 1.29 is 38.2 Å². The van der Waals surface area contributed by atoms with E-state index in [0.29, 0.717) is 22.6 Å². The third kappa shape index (κ3) is 5.21. The zero-order valence-electron chi connectivity index (χ0n) is 28.2. The predicted octanol–water partition coefficient (Wildman–Crippen LogP) is 7.08. The van der Waals surface area contributed by atoms with Crippen LogP contribution in [-0.4, -0.2) is 44.3 Å². The molecule has 0 radical (unpaired) electrons. The first-order valence-corrected chi connectivity index (χ1v) is 17.8. The molecule has 9 nitrogen and oxygen atoms in total. The van der Waals surface area contributed by atoms with Crippen molar-refractivity contribution in [2.45, 2.75) is 42.0 Å². The molecule has 12 heteroatoms. The first-order chi connectivity index (χ1) is 25.3. The number of amides is 4. The van der Waals surface area contributed by atoms with Gasteiger partial charge >= 0.3 is 0 Å². The van der Waals surface area contributed by atoms with Crippen LogP contribution in [-0.2, 0) is 25.8 Å². The lowest BCUT2D eigenvalue weighted by atomic mass is 9.56. The van der Waals surface area contributed by atoms with E-state index < -0.39 is 62.9 Å². The van der Waals surface area contributed by atoms with Crippen LogP contribution < -0.4 is 14.5 Å². The molecule has 4 amide bonds. The van der Waals surface area contributed by atoms with E-state index in [1.165, 1.54) is 37.3 Å². The molecule has 2 saturated heterocycles. The van der Waals surface area contributed by atoms with Gasteiger partial charge in [0.2, 0.25) is 11.8 Å². The Labute approximate surface area is 313 Å². The molecule has 6 atom stereocenters. The van der Waals surface area contributed by atoms with E-state index in [9.17, 15) is 33.5 Å². The van der Waals surface area contributed by atoms with Crippen molar-refractivity contribution in [3.8, 4) is 11.5 Å². The minimum Gasteiger partial charge on any atom is -0.508 e. The Bertz CT molecular complexity index is 2250. The first-order valence-electron chi connectivity index (χ1n) is 17.1. The van der Waals surface area contributed by atoms with Crippen molar-refractivity contribution in [2.75, 3.05) is 9.80 Å². The molecular weight excluding hydrogens is 722 g/mol. The minimum atomic E-state index is -2.22. The highest BCUT2D eigenvalue weighted by molar-refractivity contribution is 6.58. The molecule has 4 aliphatic rings. The van der Waals surface area contributed by atoms with Gasteiger partial charge in [0.1, 0.15) is 23.9 Å². The Morgan fingerprint density at radius 3 is 2.17 bits per heavy atom. The van der Waals surface area contributed by atoms with E-state index in [1.807, 2.05) is 30.3 Å². The van der Waals surface area contributed by atoms with Crippen molar-refractivity contribution in [2.24, 2.45) is 17.8 Å². The molecule has 4 aromatic carbocycles. The van der Waals surface area contributed by atoms with E-state index >= 15 is 0 Å². The molecule has 268 valence electrons. The summed E-state index contributed by atoms with van der Waals surface area (Å²) in [4.78, 5) is 66.9. The number of phenolic OH excluding ortho intramolecular Hbond substituents is 1. The Morgan fingerprint density at radius 1 is 0.849 bits per heavy atom. The standard InChI is InChI=1S/C41H31Cl2FN2O7/c1-22(47)24-7-11-26(12-8-24)45-36(49)31-18-17-29-32(34(31)37(45)50)20-40(42)38(51)46(27-13-9-25(44)10-14-27)39(52)41(40,43)35(29)30-16-15-28(19-33(30)48)53-21-23-5-3-2-4-6-23/h2-17,19,31-32,34-35,48H,18,20-21H2,1H3. The first kappa shape index (κ1) is 34.7. The van der Waals surface area contributed by atoms with Gasteiger partial charge < -0.3 is 9.84 Å². The van der Waals surface area contributed by atoms with E-state index in [0.717, 1.165) is 27.5 Å². The number of rotatable bonds is 7. The summed E-state index contributed by atoms with van der Waals surface area (Å²) in [5.74, 6) is -7.30. The van der Waals surface area contributed by atoms with Crippen LogP contribution in [0, 0.1) is 23.6 Å². The number of carbonyl (C=O) groups is 5. The quantitative estimate of drug-likeness (QED) is 0.0927. The second kappa shape index (κ2) is 12.7. The van der Waals surface area contributed by atoms with Gasteiger partial charge in [0.15, 0.2) is 15.5 Å². The van der Waals surface area contributed by atoms with Gasteiger partial charge in [-0.2, -0.15) is 0 Å². The number of nitrogens with zero attached hydrogens (tertiary/aromatic N) is 2. The molecule has 6 unspecified atom stereocenters. The van der Waals surface area contributed by atoms with Crippen molar-refractivity contribution in [3.05, 3.63) is 131 Å². The summed E-state index contributed by atoms with van der Waals surface area (Å²) in [6.45, 7) is 1.63. The lowest BCUT2D eigenvalue weighted by molar-refractivity contribution is -0.125. The number of ether oxygens (including phenoxy) is 1. The third-order valence-corrected chi connectivity index (χ3v) is 12.4. The number of halogens is 3. The number of fused-ring (bicyclic) bond motifs is 4. The summed E-state index contributed by atoms with van der Waals surface area (Å²) in [7, 11) is 0. The smallest absolute Gasteiger partial charge is 0.258 e. The fourth-order valence-corrected chi connectivity index (χ4v) is 9.37. The van der Waals surface area contributed by atoms with Gasteiger partial charge in [0.05, 0.1) is 23.2 Å². The zero-order valence-corrected chi connectivity index (χ0v) is 29.7. The average molecular weight is 754 g/mol. The topological polar surface area (TPSA) is 121 Å². The molecule has 2 heterocycles. The van der Waals surface area contributed by atoms with E-state index in [-0.39, 0.29) is 42.2 Å². The highest BCUT2D eigenvalue weighted by Gasteiger charge is 2.77. The number of carbonyl (C=O) groups excluding carboxylic acids is 5. The van der Waals surface area contributed by atoms with Crippen LogP contribution in [0.4, 0.5) is 15.8 Å². The number of alkyl halides is 2. The summed E-state index contributed by atoms with van der Waals surface area (Å²) in [6, 6.07) is 24.9. The molecule has 2 aliphatic carbocycles. The molecule has 53 heavy (non-hydrogen) atoms. The molecule has 3 fully saturated rings. The largest absolute Gasteiger partial charge is 0.508 e. The zero-order chi connectivity index (χ0) is 37.4. The second-order valence-electron chi connectivity index (χ2n) is 13.9. The fraction of sp³-hybridized carbons (Fsp3) is 0.244. The minimum absolute atomic E-state index is 0.0469. The van der Waals surface area contributed by atoms with Crippen molar-refractivity contribution >= 4 is 64.0 Å². The van der Waals surface area contributed by atoms with Crippen LogP contribution in [0.25, 0.3) is 0 Å². The van der Waals surface area contributed by atoms with Gasteiger partial charge in [-0.05, 0) is 85.8 Å². The normalized spacial score (nSPS) is 27.7. The molecule has 1 saturated carbocycles. The van der Waals surface area contributed by atoms with Crippen LogP contribution >= 0.6 is 23.2 Å². The summed E-state index contributed by atoms with van der Waals surface area (Å²) in [5.41, 5.74) is 2.31. The molecule has 0 bridgehead atoms. The number of anilines is 2. The monoisotopic (exact) mass is 752 g/mol. The number of hydrogen-bond acceptors (Lipinski definition) is 7. The van der Waals surface area contributed by atoms with Crippen LogP contribution in [0.2, 0.25) is 0 Å². The number of allylic oxidation sites excluding steroid dienone is 2. The lowest BCUT2D eigenvalue weighted by Gasteiger charge is -2.50. The summed E-state index contributed by atoms with van der Waals surface area (Å²) < 4.78 is 19.9. The Morgan fingerprint density at radius 2 is 1.51 bits per heavy atom. The van der Waals surface area contributed by atoms with Gasteiger partial charge in [-0.15, -0.1) is 23.2 Å². The van der Waals surface area contributed by atoms with E-state index in [2.05, 4.69) is 0 Å².